The molecule has 0 saturated heterocycles. The van der Waals surface area contributed by atoms with E-state index in [-0.39, 0.29) is 18.2 Å². The molecule has 1 heterocycles. The van der Waals surface area contributed by atoms with Crippen LogP contribution in [0.1, 0.15) is 0 Å². The summed E-state index contributed by atoms with van der Waals surface area (Å²) >= 11 is 0. The Morgan fingerprint density at radius 2 is 1.94 bits per heavy atom. The molecule has 1 aromatic carbocycles. The van der Waals surface area contributed by atoms with Crippen LogP contribution in [0, 0.1) is 0 Å². The van der Waals surface area contributed by atoms with E-state index in [1.165, 1.54) is 24.4 Å². The van der Waals surface area contributed by atoms with Crippen molar-refractivity contribution in [1.29, 1.82) is 0 Å². The van der Waals surface area contributed by atoms with Gasteiger partial charge in [-0.2, -0.15) is 0 Å². The largest absolute Gasteiger partial charge is 0.573 e. The van der Waals surface area contributed by atoms with Gasteiger partial charge in [-0.15, -0.1) is 25.6 Å². The van der Waals surface area contributed by atoms with Crippen molar-refractivity contribution in [3.63, 3.8) is 0 Å². The highest BCUT2D eigenvalue weighted by atomic mass is 35.5. The van der Waals surface area contributed by atoms with E-state index in [0.717, 1.165) is 0 Å². The zero-order valence-corrected chi connectivity index (χ0v) is 9.68. The number of hydrogen-bond donors (Lipinski definition) is 2. The normalized spacial score (nSPS) is 10.9. The number of hydrazine groups is 1. The number of benzene rings is 1. The van der Waals surface area contributed by atoms with Crippen LogP contribution in [-0.2, 0) is 0 Å². The van der Waals surface area contributed by atoms with Crippen LogP contribution in [-0.4, -0.2) is 11.3 Å². The Hall–Kier alpha value is -1.73. The quantitative estimate of drug-likeness (QED) is 0.655. The minimum atomic E-state index is -4.71. The number of aromatic nitrogens is 1. The molecular formula is C10H9ClF3N3O. The first-order valence-electron chi connectivity index (χ1n) is 4.61. The molecule has 0 atom stereocenters. The summed E-state index contributed by atoms with van der Waals surface area (Å²) in [6.07, 6.45) is -3.27. The first-order valence-corrected chi connectivity index (χ1v) is 4.61. The summed E-state index contributed by atoms with van der Waals surface area (Å²) in [7, 11) is 0. The van der Waals surface area contributed by atoms with Crippen molar-refractivity contribution in [2.75, 3.05) is 5.43 Å². The lowest BCUT2D eigenvalue weighted by atomic mass is 10.2. The highest BCUT2D eigenvalue weighted by Gasteiger charge is 2.31. The second kappa shape index (κ2) is 5.28. The average Bonchev–Trinajstić information content (AvgIpc) is 2.25. The molecule has 0 aliphatic heterocycles. The minimum Gasteiger partial charge on any atom is -0.406 e. The third-order valence-electron chi connectivity index (χ3n) is 2.10. The van der Waals surface area contributed by atoms with E-state index in [2.05, 4.69) is 15.1 Å². The molecule has 0 aliphatic carbocycles. The lowest BCUT2D eigenvalue weighted by Crippen LogP contribution is -2.17. The number of rotatable bonds is 2. The zero-order valence-electron chi connectivity index (χ0n) is 8.86. The van der Waals surface area contributed by atoms with Crippen LogP contribution in [0.25, 0.3) is 10.9 Å². The van der Waals surface area contributed by atoms with Crippen LogP contribution in [0.3, 0.4) is 0 Å². The van der Waals surface area contributed by atoms with Gasteiger partial charge in [0.2, 0.25) is 0 Å². The Bertz CT molecular complexity index is 547. The summed E-state index contributed by atoms with van der Waals surface area (Å²) in [5.41, 5.74) is 3.38. The predicted molar refractivity (Wildman–Crippen MR) is 63.5 cm³/mol. The van der Waals surface area contributed by atoms with E-state index in [1.54, 1.807) is 6.07 Å². The molecule has 98 valence electrons. The van der Waals surface area contributed by atoms with E-state index in [0.29, 0.717) is 16.6 Å². The molecule has 0 aliphatic rings. The number of nitrogen functional groups attached to an aromatic ring is 1. The average molecular weight is 280 g/mol. The van der Waals surface area contributed by atoms with Crippen LogP contribution in [0.5, 0.6) is 5.75 Å². The number of ether oxygens (including phenoxy) is 1. The third kappa shape index (κ3) is 3.14. The van der Waals surface area contributed by atoms with Crippen LogP contribution < -0.4 is 16.0 Å². The summed E-state index contributed by atoms with van der Waals surface area (Å²) in [4.78, 5) is 3.94. The molecule has 3 N–H and O–H groups in total. The fourth-order valence-corrected chi connectivity index (χ4v) is 1.45. The molecule has 4 nitrogen and oxygen atoms in total. The van der Waals surface area contributed by atoms with Crippen molar-refractivity contribution in [3.05, 3.63) is 30.5 Å². The minimum absolute atomic E-state index is 0. The zero-order chi connectivity index (χ0) is 12.5. The Balaban J connectivity index is 0.00000162. The lowest BCUT2D eigenvalue weighted by molar-refractivity contribution is -0.274. The van der Waals surface area contributed by atoms with E-state index >= 15 is 0 Å². The number of anilines is 1. The summed E-state index contributed by atoms with van der Waals surface area (Å²) in [5.74, 6) is 4.95. The number of nitrogens with zero attached hydrogens (tertiary/aromatic N) is 1. The molecule has 0 radical (unpaired) electrons. The number of nitrogens with two attached hydrogens (primary N) is 1. The van der Waals surface area contributed by atoms with E-state index < -0.39 is 6.36 Å². The van der Waals surface area contributed by atoms with Gasteiger partial charge in [-0.1, -0.05) is 0 Å². The fraction of sp³-hybridized carbons (Fsp3) is 0.100. The molecule has 0 spiro atoms. The van der Waals surface area contributed by atoms with Crippen LogP contribution >= 0.6 is 12.4 Å². The maximum atomic E-state index is 12.0. The number of halogens is 4. The number of alkyl halides is 3. The molecule has 0 unspecified atom stereocenters. The Labute approximate surface area is 106 Å². The maximum absolute atomic E-state index is 12.0. The Kier molecular flexibility index (Phi) is 4.20. The standard InChI is InChI=1S/C10H8F3N3O.ClH/c11-10(12,13)17-6-1-2-7-8(16-14)3-4-15-9(7)5-6;/h1-5H,14H2,(H,15,16);1H. The molecule has 8 heteroatoms. The van der Waals surface area contributed by atoms with Gasteiger partial charge in [0.1, 0.15) is 5.75 Å². The second-order valence-corrected chi connectivity index (χ2v) is 3.23. The number of nitrogens with one attached hydrogen (secondary N) is 1. The molecule has 18 heavy (non-hydrogen) atoms. The molecule has 0 fully saturated rings. The smallest absolute Gasteiger partial charge is 0.406 e. The SMILES string of the molecule is Cl.NNc1ccnc2cc(OC(F)(F)F)ccc12. The molecular weight excluding hydrogens is 271 g/mol. The molecule has 1 aromatic heterocycles. The van der Waals surface area contributed by atoms with Gasteiger partial charge < -0.3 is 10.2 Å². The monoisotopic (exact) mass is 279 g/mol. The van der Waals surface area contributed by atoms with Crippen LogP contribution in [0.4, 0.5) is 18.9 Å². The van der Waals surface area contributed by atoms with Gasteiger partial charge in [0.05, 0.1) is 11.2 Å². The van der Waals surface area contributed by atoms with Gasteiger partial charge in [0.25, 0.3) is 0 Å². The van der Waals surface area contributed by atoms with Crippen molar-refractivity contribution >= 4 is 29.0 Å². The van der Waals surface area contributed by atoms with Gasteiger partial charge >= 0.3 is 6.36 Å². The molecule has 0 amide bonds. The molecule has 2 rings (SSSR count). The van der Waals surface area contributed by atoms with E-state index in [4.69, 9.17) is 5.84 Å². The van der Waals surface area contributed by atoms with Gasteiger partial charge in [-0.3, -0.25) is 10.8 Å². The van der Waals surface area contributed by atoms with E-state index in [1.807, 2.05) is 0 Å². The summed E-state index contributed by atoms with van der Waals surface area (Å²) in [5, 5.41) is 0.615. The second-order valence-electron chi connectivity index (χ2n) is 3.23. The van der Waals surface area contributed by atoms with Crippen molar-refractivity contribution in [3.8, 4) is 5.75 Å². The molecule has 0 saturated carbocycles. The highest BCUT2D eigenvalue weighted by molar-refractivity contribution is 5.91. The molecule has 0 bridgehead atoms. The Morgan fingerprint density at radius 1 is 1.22 bits per heavy atom. The van der Waals surface area contributed by atoms with Crippen molar-refractivity contribution < 1.29 is 17.9 Å². The topological polar surface area (TPSA) is 60.2 Å². The highest BCUT2D eigenvalue weighted by Crippen LogP contribution is 2.28. The summed E-state index contributed by atoms with van der Waals surface area (Å²) in [6.45, 7) is 0. The third-order valence-corrected chi connectivity index (χ3v) is 2.10. The predicted octanol–water partition coefficient (Wildman–Crippen LogP) is 2.84. The van der Waals surface area contributed by atoms with Crippen LogP contribution in [0.15, 0.2) is 30.5 Å². The lowest BCUT2D eigenvalue weighted by Gasteiger charge is -2.10. The van der Waals surface area contributed by atoms with Gasteiger partial charge in [0, 0.05) is 17.6 Å². The first kappa shape index (κ1) is 14.3. The van der Waals surface area contributed by atoms with Gasteiger partial charge in [-0.05, 0) is 18.2 Å². The number of pyridine rings is 1. The van der Waals surface area contributed by atoms with Gasteiger partial charge in [-0.25, -0.2) is 0 Å². The van der Waals surface area contributed by atoms with Gasteiger partial charge in [0.15, 0.2) is 0 Å². The first-order chi connectivity index (χ1) is 7.99. The molecule has 2 aromatic rings. The van der Waals surface area contributed by atoms with E-state index in [9.17, 15) is 13.2 Å². The van der Waals surface area contributed by atoms with Crippen molar-refractivity contribution in [1.82, 2.24) is 4.98 Å². The fourth-order valence-electron chi connectivity index (χ4n) is 1.45. The van der Waals surface area contributed by atoms with Crippen LogP contribution in [0.2, 0.25) is 0 Å². The maximum Gasteiger partial charge on any atom is 0.573 e. The summed E-state index contributed by atoms with van der Waals surface area (Å²) < 4.78 is 39.8. The van der Waals surface area contributed by atoms with Crippen molar-refractivity contribution in [2.45, 2.75) is 6.36 Å². The Morgan fingerprint density at radius 3 is 2.56 bits per heavy atom. The summed E-state index contributed by atoms with van der Waals surface area (Å²) in [6, 6.07) is 5.48. The number of hydrogen-bond acceptors (Lipinski definition) is 4. The number of fused-ring (bicyclic) bond motifs is 1. The van der Waals surface area contributed by atoms with Crippen molar-refractivity contribution in [2.24, 2.45) is 5.84 Å².